The molecule has 0 aromatic rings. The summed E-state index contributed by atoms with van der Waals surface area (Å²) in [6.45, 7) is 0. The molecule has 0 saturated carbocycles. The largest absolute Gasteiger partial charge is 0.0842 e. The van der Waals surface area contributed by atoms with Crippen molar-refractivity contribution < 1.29 is 0 Å². The van der Waals surface area contributed by atoms with Gasteiger partial charge in [0.1, 0.15) is 0 Å². The third kappa shape index (κ3) is 1.58. The van der Waals surface area contributed by atoms with E-state index < -0.39 is 0 Å². The minimum Gasteiger partial charge on any atom is -0.0842 e. The van der Waals surface area contributed by atoms with E-state index in [0.29, 0.717) is 0 Å². The molecule has 0 N–H and O–H groups in total. The van der Waals surface area contributed by atoms with E-state index in [9.17, 15) is 0 Å². The summed E-state index contributed by atoms with van der Waals surface area (Å²) in [6, 6.07) is 0. The Morgan fingerprint density at radius 2 is 2.00 bits per heavy atom. The van der Waals surface area contributed by atoms with E-state index in [2.05, 4.69) is 36.5 Å². The van der Waals surface area contributed by atoms with Crippen molar-refractivity contribution in [3.63, 3.8) is 0 Å². The fraction of sp³-hybridized carbons (Fsp3) is 0.333. The summed E-state index contributed by atoms with van der Waals surface area (Å²) in [7, 11) is 0. The van der Waals surface area contributed by atoms with Gasteiger partial charge in [0, 0.05) is 0 Å². The Labute approximate surface area is 74.0 Å². The van der Waals surface area contributed by atoms with Gasteiger partial charge in [-0.05, 0) is 36.8 Å². The van der Waals surface area contributed by atoms with Crippen molar-refractivity contribution in [2.75, 3.05) is 0 Å². The molecule has 12 heavy (non-hydrogen) atoms. The van der Waals surface area contributed by atoms with Crippen LogP contribution in [0.3, 0.4) is 0 Å². The van der Waals surface area contributed by atoms with Gasteiger partial charge in [-0.25, -0.2) is 0 Å². The second-order valence-corrected chi connectivity index (χ2v) is 3.30. The van der Waals surface area contributed by atoms with Crippen LogP contribution in [-0.4, -0.2) is 0 Å². The molecule has 0 aromatic carbocycles. The van der Waals surface area contributed by atoms with Gasteiger partial charge in [0.05, 0.1) is 0 Å². The van der Waals surface area contributed by atoms with E-state index >= 15 is 0 Å². The quantitative estimate of drug-likeness (QED) is 0.547. The molecule has 0 atom stereocenters. The van der Waals surface area contributed by atoms with Crippen LogP contribution in [0.5, 0.6) is 0 Å². The summed E-state index contributed by atoms with van der Waals surface area (Å²) in [5.74, 6) is 0. The van der Waals surface area contributed by atoms with Gasteiger partial charge in [-0.2, -0.15) is 0 Å². The normalized spacial score (nSPS) is 22.0. The first kappa shape index (κ1) is 7.60. The smallest absolute Gasteiger partial charge is 0.0238 e. The van der Waals surface area contributed by atoms with Crippen molar-refractivity contribution in [1.29, 1.82) is 0 Å². The first-order chi connectivity index (χ1) is 5.97. The fourth-order valence-electron chi connectivity index (χ4n) is 1.69. The summed E-state index contributed by atoms with van der Waals surface area (Å²) < 4.78 is 0. The van der Waals surface area contributed by atoms with Gasteiger partial charge in [0.25, 0.3) is 0 Å². The zero-order valence-corrected chi connectivity index (χ0v) is 7.29. The van der Waals surface area contributed by atoms with E-state index in [-0.39, 0.29) is 0 Å². The first-order valence-electron chi connectivity index (χ1n) is 4.69. The van der Waals surface area contributed by atoms with E-state index in [1.54, 1.807) is 0 Å². The van der Waals surface area contributed by atoms with Crippen LogP contribution in [-0.2, 0) is 0 Å². The monoisotopic (exact) mass is 158 g/mol. The van der Waals surface area contributed by atoms with Crippen molar-refractivity contribution in [3.8, 4) is 0 Å². The van der Waals surface area contributed by atoms with Crippen molar-refractivity contribution in [1.82, 2.24) is 0 Å². The van der Waals surface area contributed by atoms with Crippen molar-refractivity contribution in [2.45, 2.75) is 25.7 Å². The molecular formula is C12H14. The molecule has 0 unspecified atom stereocenters. The van der Waals surface area contributed by atoms with Crippen LogP contribution in [0.4, 0.5) is 0 Å². The van der Waals surface area contributed by atoms with Crippen LogP contribution in [0.25, 0.3) is 0 Å². The predicted molar refractivity (Wildman–Crippen MR) is 52.9 cm³/mol. The van der Waals surface area contributed by atoms with Gasteiger partial charge < -0.3 is 0 Å². The van der Waals surface area contributed by atoms with E-state index in [1.807, 2.05) is 0 Å². The molecule has 0 amide bonds. The van der Waals surface area contributed by atoms with Crippen molar-refractivity contribution in [3.05, 3.63) is 47.6 Å². The molecular weight excluding hydrogens is 144 g/mol. The van der Waals surface area contributed by atoms with Gasteiger partial charge in [0.2, 0.25) is 0 Å². The molecule has 2 aliphatic rings. The van der Waals surface area contributed by atoms with Gasteiger partial charge in [0.15, 0.2) is 0 Å². The third-order valence-corrected chi connectivity index (χ3v) is 2.38. The molecule has 0 heterocycles. The Balaban J connectivity index is 2.17. The predicted octanol–water partition coefficient (Wildman–Crippen LogP) is 3.54. The molecule has 0 aromatic heterocycles. The van der Waals surface area contributed by atoms with Crippen LogP contribution in [0.2, 0.25) is 0 Å². The third-order valence-electron chi connectivity index (χ3n) is 2.38. The number of hydrogen-bond acceptors (Lipinski definition) is 0. The molecule has 2 rings (SSSR count). The Bertz CT molecular complexity index is 274. The summed E-state index contributed by atoms with van der Waals surface area (Å²) >= 11 is 0. The zero-order valence-electron chi connectivity index (χ0n) is 7.29. The highest BCUT2D eigenvalue weighted by Gasteiger charge is 2.04. The molecule has 0 heteroatoms. The zero-order chi connectivity index (χ0) is 8.23. The van der Waals surface area contributed by atoms with Crippen molar-refractivity contribution in [2.24, 2.45) is 0 Å². The van der Waals surface area contributed by atoms with Crippen LogP contribution in [0.1, 0.15) is 25.7 Å². The highest BCUT2D eigenvalue weighted by Crippen LogP contribution is 2.24. The minimum atomic E-state index is 1.21. The van der Waals surface area contributed by atoms with Crippen LogP contribution in [0.15, 0.2) is 47.6 Å². The SMILES string of the molecule is C1=CCCC(C2=CCCC=C2)=C1. The van der Waals surface area contributed by atoms with Gasteiger partial charge >= 0.3 is 0 Å². The molecule has 62 valence electrons. The van der Waals surface area contributed by atoms with E-state index in [1.165, 1.54) is 36.8 Å². The second-order valence-electron chi connectivity index (χ2n) is 3.30. The number of allylic oxidation sites excluding steroid dienone is 8. The number of hydrogen-bond donors (Lipinski definition) is 0. The maximum Gasteiger partial charge on any atom is -0.0238 e. The summed E-state index contributed by atoms with van der Waals surface area (Å²) in [5.41, 5.74) is 2.96. The molecule has 0 nitrogen and oxygen atoms in total. The van der Waals surface area contributed by atoms with Gasteiger partial charge in [-0.15, -0.1) is 0 Å². The van der Waals surface area contributed by atoms with Crippen molar-refractivity contribution >= 4 is 0 Å². The van der Waals surface area contributed by atoms with Crippen LogP contribution < -0.4 is 0 Å². The standard InChI is InChI=1S/C12H14/c1-3-7-11(8-4-1)12-9-5-2-6-10-12/h1,3,5,7,9-10H,2,4,6,8H2. The topological polar surface area (TPSA) is 0 Å². The summed E-state index contributed by atoms with van der Waals surface area (Å²) in [6.07, 6.45) is 18.4. The first-order valence-corrected chi connectivity index (χ1v) is 4.69. The Morgan fingerprint density at radius 1 is 1.00 bits per heavy atom. The highest BCUT2D eigenvalue weighted by atomic mass is 14.1. The van der Waals surface area contributed by atoms with Crippen LogP contribution >= 0.6 is 0 Å². The lowest BCUT2D eigenvalue weighted by molar-refractivity contribution is 0.952. The molecule has 2 aliphatic carbocycles. The fourth-order valence-corrected chi connectivity index (χ4v) is 1.69. The minimum absolute atomic E-state index is 1.21. The van der Waals surface area contributed by atoms with Gasteiger partial charge in [-0.3, -0.25) is 0 Å². The maximum absolute atomic E-state index is 2.35. The van der Waals surface area contributed by atoms with Crippen LogP contribution in [0, 0.1) is 0 Å². The average molecular weight is 158 g/mol. The molecule has 0 saturated heterocycles. The molecule has 0 spiro atoms. The second kappa shape index (κ2) is 3.57. The molecule has 0 bridgehead atoms. The summed E-state index contributed by atoms with van der Waals surface area (Å²) in [4.78, 5) is 0. The Kier molecular flexibility index (Phi) is 2.26. The average Bonchev–Trinajstić information content (AvgIpc) is 2.21. The maximum atomic E-state index is 2.35. The lowest BCUT2D eigenvalue weighted by Gasteiger charge is -2.12. The van der Waals surface area contributed by atoms with Gasteiger partial charge in [-0.1, -0.05) is 36.5 Å². The summed E-state index contributed by atoms with van der Waals surface area (Å²) in [5, 5.41) is 0. The Hall–Kier alpha value is -1.04. The molecule has 0 aliphatic heterocycles. The lowest BCUT2D eigenvalue weighted by Crippen LogP contribution is -1.92. The molecule has 0 fully saturated rings. The Morgan fingerprint density at radius 3 is 2.67 bits per heavy atom. The van der Waals surface area contributed by atoms with E-state index in [0.717, 1.165) is 0 Å². The lowest BCUT2D eigenvalue weighted by atomic mass is 9.93. The number of rotatable bonds is 1. The van der Waals surface area contributed by atoms with E-state index in [4.69, 9.17) is 0 Å². The highest BCUT2D eigenvalue weighted by molar-refractivity contribution is 5.44. The molecule has 0 radical (unpaired) electrons.